The Bertz CT molecular complexity index is 917. The van der Waals surface area contributed by atoms with Crippen molar-refractivity contribution in [3.63, 3.8) is 0 Å². The van der Waals surface area contributed by atoms with Gasteiger partial charge in [0.15, 0.2) is 0 Å². The van der Waals surface area contributed by atoms with Crippen molar-refractivity contribution in [2.75, 3.05) is 0 Å². The van der Waals surface area contributed by atoms with Crippen LogP contribution in [0.15, 0.2) is 82.9 Å². The third-order valence-electron chi connectivity index (χ3n) is 3.80. The monoisotopic (exact) mass is 432 g/mol. The Morgan fingerprint density at radius 2 is 1.25 bits per heavy atom. The van der Waals surface area contributed by atoms with Crippen LogP contribution < -0.4 is 11.2 Å². The molecule has 3 aromatic rings. The van der Waals surface area contributed by atoms with Gasteiger partial charge in [-0.15, -0.1) is 12.4 Å². The van der Waals surface area contributed by atoms with E-state index >= 15 is 0 Å². The zero-order valence-electron chi connectivity index (χ0n) is 15.1. The van der Waals surface area contributed by atoms with E-state index in [4.69, 9.17) is 28.9 Å². The third kappa shape index (κ3) is 5.99. The van der Waals surface area contributed by atoms with Gasteiger partial charge >= 0.3 is 0 Å². The molecular weight excluding hydrogens is 415 g/mol. The van der Waals surface area contributed by atoms with Crippen molar-refractivity contribution in [2.24, 2.45) is 15.8 Å². The molecule has 28 heavy (non-hydrogen) atoms. The highest BCUT2D eigenvalue weighted by Crippen LogP contribution is 2.17. The standard InChI is InChI=1S/C21H18Cl2N4.ClH/c1-14-2-12-19(13-3-14)25-21(24)27-26-20(15-4-8-17(22)9-5-15)16-6-10-18(23)11-7-16;/h2-13H,1H3,(H3,24,25,27);1H. The molecular formula is C21H19Cl3N4. The Morgan fingerprint density at radius 3 is 1.71 bits per heavy atom. The van der Waals surface area contributed by atoms with E-state index < -0.39 is 0 Å². The first kappa shape index (κ1) is 21.8. The Morgan fingerprint density at radius 1 is 0.786 bits per heavy atom. The normalized spacial score (nSPS) is 10.8. The number of nitrogens with zero attached hydrogens (tertiary/aromatic N) is 2. The van der Waals surface area contributed by atoms with Gasteiger partial charge in [-0.25, -0.2) is 10.4 Å². The van der Waals surface area contributed by atoms with Crippen LogP contribution in [0.5, 0.6) is 0 Å². The Labute approximate surface area is 180 Å². The van der Waals surface area contributed by atoms with E-state index in [-0.39, 0.29) is 18.4 Å². The van der Waals surface area contributed by atoms with Gasteiger partial charge in [0.25, 0.3) is 0 Å². The largest absolute Gasteiger partial charge is 0.368 e. The predicted molar refractivity (Wildman–Crippen MR) is 121 cm³/mol. The number of aryl methyl sites for hydroxylation is 1. The van der Waals surface area contributed by atoms with E-state index in [0.29, 0.717) is 15.8 Å². The van der Waals surface area contributed by atoms with Crippen LogP contribution >= 0.6 is 35.6 Å². The Balaban J connectivity index is 0.00000280. The summed E-state index contributed by atoms with van der Waals surface area (Å²) in [7, 11) is 0. The van der Waals surface area contributed by atoms with E-state index in [2.05, 4.69) is 15.5 Å². The number of nitrogens with one attached hydrogen (secondary N) is 1. The molecule has 0 fully saturated rings. The van der Waals surface area contributed by atoms with Crippen LogP contribution in [0.1, 0.15) is 16.7 Å². The fourth-order valence-electron chi connectivity index (χ4n) is 2.41. The van der Waals surface area contributed by atoms with E-state index in [1.807, 2.05) is 79.7 Å². The average molecular weight is 434 g/mol. The lowest BCUT2D eigenvalue weighted by Crippen LogP contribution is -2.28. The molecule has 4 nitrogen and oxygen atoms in total. The number of benzene rings is 3. The summed E-state index contributed by atoms with van der Waals surface area (Å²) >= 11 is 12.0. The summed E-state index contributed by atoms with van der Waals surface area (Å²) in [5.74, 6) is 0.194. The number of hydrogen-bond donors (Lipinski definition) is 2. The van der Waals surface area contributed by atoms with Crippen molar-refractivity contribution in [1.29, 1.82) is 0 Å². The topological polar surface area (TPSA) is 62.8 Å². The van der Waals surface area contributed by atoms with Crippen LogP contribution in [0.3, 0.4) is 0 Å². The highest BCUT2D eigenvalue weighted by molar-refractivity contribution is 6.31. The molecule has 3 N–H and O–H groups in total. The molecule has 0 bridgehead atoms. The molecule has 0 spiro atoms. The van der Waals surface area contributed by atoms with E-state index in [0.717, 1.165) is 22.4 Å². The second-order valence-electron chi connectivity index (χ2n) is 5.92. The number of rotatable bonds is 4. The van der Waals surface area contributed by atoms with Gasteiger partial charge in [-0.05, 0) is 43.3 Å². The van der Waals surface area contributed by atoms with Crippen molar-refractivity contribution in [3.8, 4) is 0 Å². The second-order valence-corrected chi connectivity index (χ2v) is 6.79. The van der Waals surface area contributed by atoms with Gasteiger partial charge < -0.3 is 5.73 Å². The van der Waals surface area contributed by atoms with Gasteiger partial charge in [-0.1, -0.05) is 65.2 Å². The summed E-state index contributed by atoms with van der Waals surface area (Å²) in [6.45, 7) is 2.02. The molecule has 0 radical (unpaired) electrons. The summed E-state index contributed by atoms with van der Waals surface area (Å²) in [5.41, 5.74) is 13.2. The van der Waals surface area contributed by atoms with Gasteiger partial charge in [0.2, 0.25) is 5.96 Å². The summed E-state index contributed by atoms with van der Waals surface area (Å²) in [4.78, 5) is 4.32. The SMILES string of the molecule is Cc1ccc(N=C(N)NN=C(c2ccc(Cl)cc2)c2ccc(Cl)cc2)cc1.Cl. The first-order valence-corrected chi connectivity index (χ1v) is 9.03. The minimum absolute atomic E-state index is 0. The first-order chi connectivity index (χ1) is 13.0. The van der Waals surface area contributed by atoms with Gasteiger partial charge in [0.1, 0.15) is 0 Å². The molecule has 0 aliphatic rings. The lowest BCUT2D eigenvalue weighted by molar-refractivity contribution is 1.01. The van der Waals surface area contributed by atoms with Crippen molar-refractivity contribution >= 4 is 53.0 Å². The van der Waals surface area contributed by atoms with Crippen LogP contribution in [0.2, 0.25) is 10.0 Å². The number of aliphatic imine (C=N–C) groups is 1. The molecule has 0 saturated carbocycles. The molecule has 0 aromatic heterocycles. The fraction of sp³-hybridized carbons (Fsp3) is 0.0476. The number of halogens is 3. The number of nitrogens with two attached hydrogens (primary N) is 1. The first-order valence-electron chi connectivity index (χ1n) is 8.28. The van der Waals surface area contributed by atoms with Crippen molar-refractivity contribution in [1.82, 2.24) is 5.43 Å². The van der Waals surface area contributed by atoms with Crippen LogP contribution in [-0.4, -0.2) is 11.7 Å². The van der Waals surface area contributed by atoms with E-state index in [9.17, 15) is 0 Å². The lowest BCUT2D eigenvalue weighted by Gasteiger charge is -2.09. The van der Waals surface area contributed by atoms with E-state index in [1.165, 1.54) is 0 Å². The molecule has 7 heteroatoms. The number of hydrogen-bond acceptors (Lipinski definition) is 2. The lowest BCUT2D eigenvalue weighted by atomic mass is 10.0. The molecule has 0 heterocycles. The maximum Gasteiger partial charge on any atom is 0.214 e. The quantitative estimate of drug-likeness (QED) is 0.314. The Hall–Kier alpha value is -2.53. The second kappa shape index (κ2) is 10.1. The van der Waals surface area contributed by atoms with E-state index in [1.54, 1.807) is 0 Å². The molecule has 0 aliphatic heterocycles. The highest BCUT2D eigenvalue weighted by Gasteiger charge is 2.08. The Kier molecular flexibility index (Phi) is 7.88. The summed E-state index contributed by atoms with van der Waals surface area (Å²) in [6, 6.07) is 22.6. The maximum absolute atomic E-state index is 6.00. The van der Waals surface area contributed by atoms with Gasteiger partial charge in [0.05, 0.1) is 11.4 Å². The smallest absolute Gasteiger partial charge is 0.214 e. The predicted octanol–water partition coefficient (Wildman–Crippen LogP) is 5.71. The molecule has 0 aliphatic carbocycles. The molecule has 0 saturated heterocycles. The minimum Gasteiger partial charge on any atom is -0.368 e. The summed E-state index contributed by atoms with van der Waals surface area (Å²) in [5, 5.41) is 5.77. The zero-order valence-corrected chi connectivity index (χ0v) is 17.4. The summed E-state index contributed by atoms with van der Waals surface area (Å²) in [6.07, 6.45) is 0. The van der Waals surface area contributed by atoms with Crippen LogP contribution in [-0.2, 0) is 0 Å². The van der Waals surface area contributed by atoms with Crippen LogP contribution in [0.25, 0.3) is 0 Å². The third-order valence-corrected chi connectivity index (χ3v) is 4.31. The molecule has 3 rings (SSSR count). The molecule has 0 amide bonds. The molecule has 3 aromatic carbocycles. The number of hydrazone groups is 1. The van der Waals surface area contributed by atoms with Crippen molar-refractivity contribution < 1.29 is 0 Å². The van der Waals surface area contributed by atoms with Gasteiger partial charge in [-0.3, -0.25) is 0 Å². The van der Waals surface area contributed by atoms with Crippen molar-refractivity contribution in [3.05, 3.63) is 99.5 Å². The summed E-state index contributed by atoms with van der Waals surface area (Å²) < 4.78 is 0. The van der Waals surface area contributed by atoms with Crippen LogP contribution in [0, 0.1) is 6.92 Å². The van der Waals surface area contributed by atoms with Crippen LogP contribution in [0.4, 0.5) is 5.69 Å². The zero-order chi connectivity index (χ0) is 19.2. The highest BCUT2D eigenvalue weighted by atomic mass is 35.5. The molecule has 0 atom stereocenters. The fourth-order valence-corrected chi connectivity index (χ4v) is 2.66. The van der Waals surface area contributed by atoms with Gasteiger partial charge in [-0.2, -0.15) is 5.10 Å². The maximum atomic E-state index is 6.00. The minimum atomic E-state index is 0. The molecule has 144 valence electrons. The average Bonchev–Trinajstić information content (AvgIpc) is 2.66. The van der Waals surface area contributed by atoms with Crippen molar-refractivity contribution in [2.45, 2.75) is 6.92 Å². The number of guanidine groups is 1. The van der Waals surface area contributed by atoms with Gasteiger partial charge in [0, 0.05) is 21.2 Å². The molecule has 0 unspecified atom stereocenters.